The number of oxime groups is 1. The van der Waals surface area contributed by atoms with Gasteiger partial charge in [-0.1, -0.05) is 23.4 Å². The van der Waals surface area contributed by atoms with E-state index in [9.17, 15) is 13.2 Å². The third kappa shape index (κ3) is 3.25. The van der Waals surface area contributed by atoms with E-state index < -0.39 is 17.5 Å². The zero-order chi connectivity index (χ0) is 15.4. The SMILES string of the molecule is NC(=NO)c1ccc(CNc2c(F)cccc2F)c(F)c1. The maximum Gasteiger partial charge on any atom is 0.170 e. The lowest BCUT2D eigenvalue weighted by molar-refractivity contribution is 0.318. The molecule has 0 radical (unpaired) electrons. The highest BCUT2D eigenvalue weighted by Gasteiger charge is 2.10. The first-order valence-corrected chi connectivity index (χ1v) is 5.97. The third-order valence-corrected chi connectivity index (χ3v) is 2.87. The first kappa shape index (κ1) is 14.7. The number of rotatable bonds is 4. The Labute approximate surface area is 118 Å². The number of anilines is 1. The fourth-order valence-electron chi connectivity index (χ4n) is 1.76. The molecule has 2 aromatic rings. The Kier molecular flexibility index (Phi) is 4.32. The lowest BCUT2D eigenvalue weighted by Gasteiger charge is -2.10. The fourth-order valence-corrected chi connectivity index (χ4v) is 1.76. The van der Waals surface area contributed by atoms with Crippen LogP contribution in [0.25, 0.3) is 0 Å². The van der Waals surface area contributed by atoms with Gasteiger partial charge in [-0.15, -0.1) is 0 Å². The molecule has 0 bridgehead atoms. The zero-order valence-electron chi connectivity index (χ0n) is 10.8. The second kappa shape index (κ2) is 6.17. The summed E-state index contributed by atoms with van der Waals surface area (Å²) in [6.45, 7) is -0.111. The minimum absolute atomic E-state index is 0.111. The minimum atomic E-state index is -0.760. The highest BCUT2D eigenvalue weighted by Crippen LogP contribution is 2.20. The zero-order valence-corrected chi connectivity index (χ0v) is 10.8. The molecule has 0 fully saturated rings. The van der Waals surface area contributed by atoms with Crippen LogP contribution in [0.3, 0.4) is 0 Å². The number of amidine groups is 1. The Balaban J connectivity index is 2.18. The summed E-state index contributed by atoms with van der Waals surface area (Å²) in [7, 11) is 0. The average molecular weight is 295 g/mol. The van der Waals surface area contributed by atoms with Gasteiger partial charge in [0.05, 0.1) is 0 Å². The molecule has 0 unspecified atom stereocenters. The summed E-state index contributed by atoms with van der Waals surface area (Å²) in [5, 5.41) is 13.8. The van der Waals surface area contributed by atoms with E-state index in [0.717, 1.165) is 18.2 Å². The van der Waals surface area contributed by atoms with Gasteiger partial charge >= 0.3 is 0 Å². The smallest absolute Gasteiger partial charge is 0.170 e. The van der Waals surface area contributed by atoms with Gasteiger partial charge in [0.25, 0.3) is 0 Å². The summed E-state index contributed by atoms with van der Waals surface area (Å²) in [6, 6.07) is 7.33. The van der Waals surface area contributed by atoms with E-state index in [-0.39, 0.29) is 29.2 Å². The molecule has 0 aliphatic carbocycles. The van der Waals surface area contributed by atoms with Crippen LogP contribution in [0.1, 0.15) is 11.1 Å². The largest absolute Gasteiger partial charge is 0.409 e. The molecule has 0 aliphatic rings. The number of halogens is 3. The van der Waals surface area contributed by atoms with Crippen LogP contribution in [0.4, 0.5) is 18.9 Å². The minimum Gasteiger partial charge on any atom is -0.409 e. The molecule has 7 heteroatoms. The van der Waals surface area contributed by atoms with E-state index in [4.69, 9.17) is 10.9 Å². The Hall–Kier alpha value is -2.70. The van der Waals surface area contributed by atoms with Gasteiger partial charge < -0.3 is 16.3 Å². The molecule has 0 heterocycles. The number of nitrogens with one attached hydrogen (secondary N) is 1. The number of hydrogen-bond donors (Lipinski definition) is 3. The first-order chi connectivity index (χ1) is 10.0. The Morgan fingerprint density at radius 1 is 1.10 bits per heavy atom. The van der Waals surface area contributed by atoms with E-state index in [0.29, 0.717) is 0 Å². The highest BCUT2D eigenvalue weighted by atomic mass is 19.1. The lowest BCUT2D eigenvalue weighted by Crippen LogP contribution is -2.14. The second-order valence-corrected chi connectivity index (χ2v) is 4.24. The predicted molar refractivity (Wildman–Crippen MR) is 72.6 cm³/mol. The highest BCUT2D eigenvalue weighted by molar-refractivity contribution is 5.97. The summed E-state index contributed by atoms with van der Waals surface area (Å²) in [5.74, 6) is -2.38. The maximum atomic E-state index is 13.8. The molecule has 0 saturated carbocycles. The van der Waals surface area contributed by atoms with Crippen molar-refractivity contribution in [1.82, 2.24) is 0 Å². The number of nitrogens with two attached hydrogens (primary N) is 1. The first-order valence-electron chi connectivity index (χ1n) is 5.97. The molecule has 0 aliphatic heterocycles. The normalized spacial score (nSPS) is 11.5. The number of hydrogen-bond acceptors (Lipinski definition) is 3. The molecule has 2 rings (SSSR count). The van der Waals surface area contributed by atoms with Crippen molar-refractivity contribution in [2.45, 2.75) is 6.54 Å². The number of benzene rings is 2. The monoisotopic (exact) mass is 295 g/mol. The van der Waals surface area contributed by atoms with Crippen molar-refractivity contribution in [3.05, 3.63) is 65.0 Å². The van der Waals surface area contributed by atoms with Crippen LogP contribution in [0, 0.1) is 17.5 Å². The van der Waals surface area contributed by atoms with Gasteiger partial charge in [-0.25, -0.2) is 13.2 Å². The van der Waals surface area contributed by atoms with Crippen molar-refractivity contribution in [2.75, 3.05) is 5.32 Å². The molecule has 0 amide bonds. The molecule has 4 N–H and O–H groups in total. The molecule has 0 aromatic heterocycles. The molecular formula is C14H12F3N3O. The van der Waals surface area contributed by atoms with Gasteiger partial charge in [0, 0.05) is 17.7 Å². The van der Waals surface area contributed by atoms with Crippen LogP contribution in [0.2, 0.25) is 0 Å². The van der Waals surface area contributed by atoms with Crippen molar-refractivity contribution >= 4 is 11.5 Å². The quantitative estimate of drug-likeness (QED) is 0.351. The summed E-state index contributed by atoms with van der Waals surface area (Å²) in [6.07, 6.45) is 0. The van der Waals surface area contributed by atoms with Crippen molar-refractivity contribution in [3.63, 3.8) is 0 Å². The van der Waals surface area contributed by atoms with Crippen LogP contribution in [-0.4, -0.2) is 11.0 Å². The fraction of sp³-hybridized carbons (Fsp3) is 0.0714. The van der Waals surface area contributed by atoms with Gasteiger partial charge in [0.1, 0.15) is 23.1 Å². The van der Waals surface area contributed by atoms with Gasteiger partial charge in [0.2, 0.25) is 0 Å². The average Bonchev–Trinajstić information content (AvgIpc) is 2.47. The Bertz CT molecular complexity index is 669. The number of para-hydroxylation sites is 1. The molecule has 21 heavy (non-hydrogen) atoms. The van der Waals surface area contributed by atoms with Crippen LogP contribution in [0.15, 0.2) is 41.6 Å². The summed E-state index contributed by atoms with van der Waals surface area (Å²) >= 11 is 0. The summed E-state index contributed by atoms with van der Waals surface area (Å²) in [4.78, 5) is 0. The van der Waals surface area contributed by atoms with Crippen LogP contribution in [0.5, 0.6) is 0 Å². The van der Waals surface area contributed by atoms with E-state index in [1.807, 2.05) is 0 Å². The molecule has 0 spiro atoms. The van der Waals surface area contributed by atoms with E-state index in [1.165, 1.54) is 18.2 Å². The van der Waals surface area contributed by atoms with Crippen molar-refractivity contribution in [1.29, 1.82) is 0 Å². The Morgan fingerprint density at radius 3 is 2.33 bits per heavy atom. The molecule has 0 saturated heterocycles. The van der Waals surface area contributed by atoms with Gasteiger partial charge in [0.15, 0.2) is 5.84 Å². The van der Waals surface area contributed by atoms with Crippen LogP contribution in [-0.2, 0) is 6.54 Å². The standard InChI is InChI=1S/C14H12F3N3O/c15-10-2-1-3-11(16)13(10)19-7-9-5-4-8(6-12(9)17)14(18)20-21/h1-6,19,21H,7H2,(H2,18,20). The van der Waals surface area contributed by atoms with Crippen molar-refractivity contribution in [2.24, 2.45) is 10.9 Å². The molecule has 2 aromatic carbocycles. The molecule has 4 nitrogen and oxygen atoms in total. The van der Waals surface area contributed by atoms with E-state index in [1.54, 1.807) is 0 Å². The second-order valence-electron chi connectivity index (χ2n) is 4.24. The van der Waals surface area contributed by atoms with Crippen LogP contribution < -0.4 is 11.1 Å². The molecule has 110 valence electrons. The van der Waals surface area contributed by atoms with E-state index >= 15 is 0 Å². The molecular weight excluding hydrogens is 283 g/mol. The summed E-state index contributed by atoms with van der Waals surface area (Å²) in [5.41, 5.74) is 5.41. The predicted octanol–water partition coefficient (Wildman–Crippen LogP) is 2.81. The lowest BCUT2D eigenvalue weighted by atomic mass is 10.1. The number of nitrogens with zero attached hydrogens (tertiary/aromatic N) is 1. The summed E-state index contributed by atoms with van der Waals surface area (Å²) < 4.78 is 40.7. The van der Waals surface area contributed by atoms with Crippen LogP contribution >= 0.6 is 0 Å². The molecule has 0 atom stereocenters. The Morgan fingerprint density at radius 2 is 1.76 bits per heavy atom. The topological polar surface area (TPSA) is 70.6 Å². The maximum absolute atomic E-state index is 13.8. The van der Waals surface area contributed by atoms with E-state index in [2.05, 4.69) is 10.5 Å². The van der Waals surface area contributed by atoms with Crippen molar-refractivity contribution < 1.29 is 18.4 Å². The van der Waals surface area contributed by atoms with Gasteiger partial charge in [-0.2, -0.15) is 0 Å². The van der Waals surface area contributed by atoms with Crippen molar-refractivity contribution in [3.8, 4) is 0 Å². The third-order valence-electron chi connectivity index (χ3n) is 2.87. The van der Waals surface area contributed by atoms with Gasteiger partial charge in [-0.3, -0.25) is 0 Å². The van der Waals surface area contributed by atoms with Gasteiger partial charge in [-0.05, 0) is 18.2 Å².